The third-order valence-corrected chi connectivity index (χ3v) is 8.41. The van der Waals surface area contributed by atoms with Gasteiger partial charge in [0.1, 0.15) is 11.5 Å². The van der Waals surface area contributed by atoms with Gasteiger partial charge in [0.05, 0.1) is 7.11 Å². The van der Waals surface area contributed by atoms with E-state index in [2.05, 4.69) is 78.1 Å². The van der Waals surface area contributed by atoms with Crippen LogP contribution in [-0.4, -0.2) is 14.2 Å². The highest BCUT2D eigenvalue weighted by molar-refractivity contribution is 5.98. The summed E-state index contributed by atoms with van der Waals surface area (Å²) in [6.07, 6.45) is 8.52. The van der Waals surface area contributed by atoms with Crippen LogP contribution in [0.15, 0.2) is 78.9 Å². The van der Waals surface area contributed by atoms with Crippen molar-refractivity contribution < 1.29 is 9.47 Å². The van der Waals surface area contributed by atoms with Gasteiger partial charge >= 0.3 is 0 Å². The summed E-state index contributed by atoms with van der Waals surface area (Å²) < 4.78 is 12.7. The van der Waals surface area contributed by atoms with Crippen molar-refractivity contribution in [3.63, 3.8) is 0 Å². The van der Waals surface area contributed by atoms with Crippen molar-refractivity contribution in [2.75, 3.05) is 19.5 Å². The maximum absolute atomic E-state index is 7.24. The Morgan fingerprint density at radius 1 is 0.829 bits per heavy atom. The number of anilines is 1. The predicted octanol–water partition coefficient (Wildman–Crippen LogP) is 7.60. The van der Waals surface area contributed by atoms with Crippen LogP contribution in [0.25, 0.3) is 16.8 Å². The first-order valence-corrected chi connectivity index (χ1v) is 12.6. The SMILES string of the molecule is CNc1ccc(C2(c3ccc(OC)cc3)C=Cc3c4c(c5ccccc5c3O2)C2CCC4C2)cc1. The molecule has 3 atom stereocenters. The quantitative estimate of drug-likeness (QED) is 0.341. The van der Waals surface area contributed by atoms with Crippen LogP contribution in [0.4, 0.5) is 5.69 Å². The minimum Gasteiger partial charge on any atom is -0.497 e. The fourth-order valence-electron chi connectivity index (χ4n) is 6.73. The minimum atomic E-state index is -0.722. The van der Waals surface area contributed by atoms with Gasteiger partial charge in [-0.1, -0.05) is 54.6 Å². The zero-order chi connectivity index (χ0) is 23.6. The van der Waals surface area contributed by atoms with Crippen LogP contribution >= 0.6 is 0 Å². The van der Waals surface area contributed by atoms with Crippen LogP contribution in [0.5, 0.6) is 11.5 Å². The second kappa shape index (κ2) is 7.64. The fourth-order valence-corrected chi connectivity index (χ4v) is 6.73. The third kappa shape index (κ3) is 2.91. The highest BCUT2D eigenvalue weighted by Crippen LogP contribution is 2.60. The Hall–Kier alpha value is -3.72. The summed E-state index contributed by atoms with van der Waals surface area (Å²) in [6.45, 7) is 0. The van der Waals surface area contributed by atoms with Gasteiger partial charge in [-0.2, -0.15) is 0 Å². The number of hydrogen-bond acceptors (Lipinski definition) is 3. The lowest BCUT2D eigenvalue weighted by Gasteiger charge is -2.38. The summed E-state index contributed by atoms with van der Waals surface area (Å²) in [7, 11) is 3.65. The lowest BCUT2D eigenvalue weighted by atomic mass is 9.79. The van der Waals surface area contributed by atoms with Gasteiger partial charge in [0.25, 0.3) is 0 Å². The van der Waals surface area contributed by atoms with E-state index in [1.165, 1.54) is 35.6 Å². The highest BCUT2D eigenvalue weighted by Gasteiger charge is 2.44. The molecule has 4 aromatic rings. The van der Waals surface area contributed by atoms with Crippen LogP contribution in [0, 0.1) is 0 Å². The number of hydrogen-bond donors (Lipinski definition) is 1. The van der Waals surface area contributed by atoms with Gasteiger partial charge < -0.3 is 14.8 Å². The van der Waals surface area contributed by atoms with Gasteiger partial charge in [-0.3, -0.25) is 0 Å². The van der Waals surface area contributed by atoms with E-state index in [-0.39, 0.29) is 0 Å². The summed E-state index contributed by atoms with van der Waals surface area (Å²) in [4.78, 5) is 0. The maximum atomic E-state index is 7.24. The molecule has 0 saturated heterocycles. The molecule has 3 nitrogen and oxygen atoms in total. The van der Waals surface area contributed by atoms with Crippen molar-refractivity contribution in [3.05, 3.63) is 107 Å². The molecule has 1 saturated carbocycles. The summed E-state index contributed by atoms with van der Waals surface area (Å²) in [5.41, 5.74) is 6.97. The number of rotatable bonds is 4. The van der Waals surface area contributed by atoms with Crippen LogP contribution in [-0.2, 0) is 5.60 Å². The van der Waals surface area contributed by atoms with Gasteiger partial charge in [-0.25, -0.2) is 0 Å². The average molecular weight is 460 g/mol. The van der Waals surface area contributed by atoms with Crippen molar-refractivity contribution in [1.29, 1.82) is 0 Å². The lowest BCUT2D eigenvalue weighted by molar-refractivity contribution is 0.163. The Kier molecular flexibility index (Phi) is 4.51. The molecule has 0 aromatic heterocycles. The summed E-state index contributed by atoms with van der Waals surface area (Å²) in [6, 6.07) is 25.7. The van der Waals surface area contributed by atoms with E-state index < -0.39 is 5.60 Å². The Morgan fingerprint density at radius 2 is 1.49 bits per heavy atom. The van der Waals surface area contributed by atoms with E-state index in [4.69, 9.17) is 9.47 Å². The van der Waals surface area contributed by atoms with Gasteiger partial charge in [0.2, 0.25) is 0 Å². The first-order valence-electron chi connectivity index (χ1n) is 12.6. The smallest absolute Gasteiger partial charge is 0.178 e. The normalized spacial score (nSPS) is 23.6. The van der Waals surface area contributed by atoms with Gasteiger partial charge in [-0.15, -0.1) is 0 Å². The number of benzene rings is 4. The topological polar surface area (TPSA) is 30.5 Å². The Bertz CT molecular complexity index is 1420. The largest absolute Gasteiger partial charge is 0.497 e. The molecule has 1 aliphatic heterocycles. The van der Waals surface area contributed by atoms with Crippen LogP contribution in [0.3, 0.4) is 0 Å². The first-order chi connectivity index (χ1) is 17.2. The summed E-state index contributed by atoms with van der Waals surface area (Å²) in [5, 5.41) is 5.83. The number of nitrogens with one attached hydrogen (secondary N) is 1. The van der Waals surface area contributed by atoms with E-state index in [1.54, 1.807) is 18.2 Å². The molecule has 3 aliphatic rings. The van der Waals surface area contributed by atoms with Crippen LogP contribution in [0.2, 0.25) is 0 Å². The second-order valence-electron chi connectivity index (χ2n) is 10.0. The minimum absolute atomic E-state index is 0.657. The van der Waals surface area contributed by atoms with E-state index in [0.29, 0.717) is 11.8 Å². The van der Waals surface area contributed by atoms with Crippen LogP contribution < -0.4 is 14.8 Å². The Balaban J connectivity index is 1.48. The fraction of sp³-hybridized carbons (Fsp3) is 0.250. The Labute approximate surface area is 206 Å². The molecule has 0 amide bonds. The van der Waals surface area contributed by atoms with Gasteiger partial charge in [-0.05, 0) is 78.0 Å². The van der Waals surface area contributed by atoms with Crippen molar-refractivity contribution in [1.82, 2.24) is 0 Å². The molecule has 4 aromatic carbocycles. The molecule has 35 heavy (non-hydrogen) atoms. The molecule has 0 spiro atoms. The molecule has 1 heterocycles. The number of methoxy groups -OCH3 is 1. The molecular weight excluding hydrogens is 430 g/mol. The van der Waals surface area contributed by atoms with Crippen LogP contribution in [0.1, 0.15) is 58.9 Å². The lowest BCUT2D eigenvalue weighted by Crippen LogP contribution is -2.34. The molecule has 2 bridgehead atoms. The molecule has 2 aliphatic carbocycles. The van der Waals surface area contributed by atoms with E-state index in [1.807, 2.05) is 19.2 Å². The zero-order valence-electron chi connectivity index (χ0n) is 20.2. The predicted molar refractivity (Wildman–Crippen MR) is 143 cm³/mol. The molecule has 3 unspecified atom stereocenters. The van der Waals surface area contributed by atoms with Crippen molar-refractivity contribution in [2.45, 2.75) is 36.7 Å². The molecule has 3 heteroatoms. The monoisotopic (exact) mass is 459 g/mol. The molecular formula is C32H29NO2. The van der Waals surface area contributed by atoms with Crippen molar-refractivity contribution >= 4 is 22.5 Å². The molecule has 1 fully saturated rings. The number of fused-ring (bicyclic) bond motifs is 10. The van der Waals surface area contributed by atoms with Crippen molar-refractivity contribution in [2.24, 2.45) is 0 Å². The number of ether oxygens (including phenoxy) is 2. The first kappa shape index (κ1) is 20.6. The van der Waals surface area contributed by atoms with E-state index >= 15 is 0 Å². The van der Waals surface area contributed by atoms with E-state index in [0.717, 1.165) is 28.3 Å². The maximum Gasteiger partial charge on any atom is 0.178 e. The van der Waals surface area contributed by atoms with Gasteiger partial charge in [0, 0.05) is 34.8 Å². The zero-order valence-corrected chi connectivity index (χ0v) is 20.2. The second-order valence-corrected chi connectivity index (χ2v) is 10.0. The highest BCUT2D eigenvalue weighted by atomic mass is 16.5. The average Bonchev–Trinajstić information content (AvgIpc) is 3.56. The molecule has 174 valence electrons. The summed E-state index contributed by atoms with van der Waals surface area (Å²) in [5.74, 6) is 3.21. The third-order valence-electron chi connectivity index (χ3n) is 8.41. The molecule has 7 rings (SSSR count). The van der Waals surface area contributed by atoms with Crippen molar-refractivity contribution in [3.8, 4) is 11.5 Å². The van der Waals surface area contributed by atoms with Gasteiger partial charge in [0.15, 0.2) is 5.60 Å². The summed E-state index contributed by atoms with van der Waals surface area (Å²) >= 11 is 0. The Morgan fingerprint density at radius 3 is 2.17 bits per heavy atom. The molecule has 0 radical (unpaired) electrons. The molecule has 1 N–H and O–H groups in total. The standard InChI is InChI=1S/C32H29NO2/c1-33-24-13-9-22(10-14-24)32(23-11-15-25(34-2)16-12-23)18-17-28-30-21-8-7-20(19-21)29(30)26-5-3-4-6-27(26)31(28)35-32/h3-6,9-18,20-21,33H,7-8,19H2,1-2H3. The van der Waals surface area contributed by atoms with E-state index in [9.17, 15) is 0 Å².